The molecule has 0 radical (unpaired) electrons. The van der Waals surface area contributed by atoms with Crippen LogP contribution >= 0.6 is 24.8 Å². The largest absolute Gasteiger partial charge is 0.396 e. The minimum atomic E-state index is -0.893. The highest BCUT2D eigenvalue weighted by Gasteiger charge is 2.29. The summed E-state index contributed by atoms with van der Waals surface area (Å²) in [5.74, 6) is 1.01. The zero-order chi connectivity index (χ0) is 18.0. The van der Waals surface area contributed by atoms with Crippen molar-refractivity contribution in [3.8, 4) is 0 Å². The lowest BCUT2D eigenvalue weighted by Crippen LogP contribution is -2.50. The monoisotopic (exact) mass is 419 g/mol. The van der Waals surface area contributed by atoms with Crippen molar-refractivity contribution in [1.82, 2.24) is 15.3 Å². The molecule has 1 aliphatic heterocycles. The summed E-state index contributed by atoms with van der Waals surface area (Å²) in [5, 5.41) is 12.3. The van der Waals surface area contributed by atoms with Crippen LogP contribution in [0.25, 0.3) is 0 Å². The Morgan fingerprint density at radius 1 is 1.33 bits per heavy atom. The van der Waals surface area contributed by atoms with Crippen molar-refractivity contribution in [2.45, 2.75) is 57.5 Å². The van der Waals surface area contributed by atoms with E-state index < -0.39 is 5.54 Å². The molecule has 4 N–H and O–H groups in total. The minimum absolute atomic E-state index is 0. The summed E-state index contributed by atoms with van der Waals surface area (Å²) in [7, 11) is 0. The fraction of sp³-hybridized carbons (Fsp3) is 0.722. The highest BCUT2D eigenvalue weighted by atomic mass is 35.5. The molecule has 1 aliphatic carbocycles. The summed E-state index contributed by atoms with van der Waals surface area (Å²) >= 11 is 0. The predicted molar refractivity (Wildman–Crippen MR) is 111 cm³/mol. The number of carbonyl (C=O) groups excluding carboxylic acids is 1. The second-order valence-electron chi connectivity index (χ2n) is 7.83. The molecule has 0 bridgehead atoms. The molecule has 0 aromatic carbocycles. The molecule has 0 spiro atoms. The standard InChI is InChI=1S/C18H29N5O2.2ClH/c1-18(2,19)16(25)21-14-4-3-5-15-13(14)10-20-17(22-15)23-8-6-12(11-24)7-9-23;;/h10,12,14,24H,3-9,11,19H2,1-2H3,(H,21,25);2*1H. The number of aliphatic hydroxyl groups is 1. The van der Waals surface area contributed by atoms with E-state index in [2.05, 4.69) is 15.2 Å². The van der Waals surface area contributed by atoms with Crippen LogP contribution in [0.5, 0.6) is 0 Å². The van der Waals surface area contributed by atoms with Gasteiger partial charge in [-0.1, -0.05) is 0 Å². The van der Waals surface area contributed by atoms with E-state index in [4.69, 9.17) is 10.7 Å². The molecule has 2 heterocycles. The zero-order valence-corrected chi connectivity index (χ0v) is 17.6. The number of aryl methyl sites for hydroxylation is 1. The Bertz CT molecular complexity index is 631. The summed E-state index contributed by atoms with van der Waals surface area (Å²) in [6, 6.07) is -0.0618. The molecule has 1 atom stereocenters. The molecule has 154 valence electrons. The first-order valence-corrected chi connectivity index (χ1v) is 9.20. The molecular formula is C18H31Cl2N5O2. The molecule has 1 aromatic rings. The van der Waals surface area contributed by atoms with Crippen LogP contribution in [0, 0.1) is 5.92 Å². The zero-order valence-electron chi connectivity index (χ0n) is 16.0. The van der Waals surface area contributed by atoms with Crippen molar-refractivity contribution in [3.05, 3.63) is 17.5 Å². The first-order valence-electron chi connectivity index (χ1n) is 9.20. The number of hydrogen-bond donors (Lipinski definition) is 3. The van der Waals surface area contributed by atoms with Crippen molar-refractivity contribution >= 4 is 36.7 Å². The fourth-order valence-corrected chi connectivity index (χ4v) is 3.50. The normalized spacial score (nSPS) is 20.1. The Morgan fingerprint density at radius 3 is 2.59 bits per heavy atom. The lowest BCUT2D eigenvalue weighted by molar-refractivity contribution is -0.126. The molecule has 7 nitrogen and oxygen atoms in total. The van der Waals surface area contributed by atoms with Gasteiger partial charge < -0.3 is 21.1 Å². The van der Waals surface area contributed by atoms with Gasteiger partial charge in [0.05, 0.1) is 17.3 Å². The third kappa shape index (κ3) is 5.67. The topological polar surface area (TPSA) is 104 Å². The van der Waals surface area contributed by atoms with Crippen LogP contribution in [0.15, 0.2) is 6.20 Å². The first kappa shape index (κ1) is 23.9. The van der Waals surface area contributed by atoms with Gasteiger partial charge in [-0.3, -0.25) is 4.79 Å². The number of carbonyl (C=O) groups is 1. The van der Waals surface area contributed by atoms with Crippen molar-refractivity contribution in [3.63, 3.8) is 0 Å². The van der Waals surface area contributed by atoms with Crippen LogP contribution in [0.4, 0.5) is 5.95 Å². The van der Waals surface area contributed by atoms with Gasteiger partial charge in [-0.25, -0.2) is 9.97 Å². The van der Waals surface area contributed by atoms with Crippen molar-refractivity contribution in [2.75, 3.05) is 24.6 Å². The molecule has 9 heteroatoms. The van der Waals surface area contributed by atoms with Crippen LogP contribution in [0.2, 0.25) is 0 Å². The van der Waals surface area contributed by atoms with Gasteiger partial charge in [-0.05, 0) is 51.9 Å². The molecule has 2 aliphatic rings. The number of nitrogens with two attached hydrogens (primary N) is 1. The fourth-order valence-electron chi connectivity index (χ4n) is 3.50. The van der Waals surface area contributed by atoms with E-state index in [9.17, 15) is 9.90 Å². The van der Waals surface area contributed by atoms with E-state index in [1.807, 2.05) is 6.20 Å². The van der Waals surface area contributed by atoms with Crippen LogP contribution in [0.3, 0.4) is 0 Å². The van der Waals surface area contributed by atoms with Gasteiger partial charge in [0.15, 0.2) is 0 Å². The SMILES string of the molecule is CC(C)(N)C(=O)NC1CCCc2nc(N3CCC(CO)CC3)ncc21.Cl.Cl. The van der Waals surface area contributed by atoms with E-state index in [-0.39, 0.29) is 43.4 Å². The first-order chi connectivity index (χ1) is 11.9. The van der Waals surface area contributed by atoms with E-state index in [1.54, 1.807) is 13.8 Å². The van der Waals surface area contributed by atoms with E-state index >= 15 is 0 Å². The number of amides is 1. The summed E-state index contributed by atoms with van der Waals surface area (Å²) < 4.78 is 0. The number of fused-ring (bicyclic) bond motifs is 1. The third-order valence-electron chi connectivity index (χ3n) is 5.22. The molecule has 27 heavy (non-hydrogen) atoms. The van der Waals surface area contributed by atoms with Crippen LogP contribution in [-0.4, -0.2) is 46.2 Å². The number of anilines is 1. The number of rotatable bonds is 4. The maximum Gasteiger partial charge on any atom is 0.239 e. The van der Waals surface area contributed by atoms with Crippen LogP contribution in [-0.2, 0) is 11.2 Å². The molecule has 0 saturated carbocycles. The Morgan fingerprint density at radius 2 is 2.00 bits per heavy atom. The molecule has 1 aromatic heterocycles. The number of nitrogens with zero attached hydrogens (tertiary/aromatic N) is 3. The Labute approximate surface area is 173 Å². The summed E-state index contributed by atoms with van der Waals surface area (Å²) in [4.78, 5) is 23.7. The minimum Gasteiger partial charge on any atom is -0.396 e. The molecule has 1 fully saturated rings. The quantitative estimate of drug-likeness (QED) is 0.686. The predicted octanol–water partition coefficient (Wildman–Crippen LogP) is 1.76. The number of hydrogen-bond acceptors (Lipinski definition) is 6. The maximum atomic E-state index is 12.2. The maximum absolute atomic E-state index is 12.2. The van der Waals surface area contributed by atoms with Gasteiger partial charge in [-0.15, -0.1) is 24.8 Å². The van der Waals surface area contributed by atoms with E-state index in [0.29, 0.717) is 5.92 Å². The molecule has 3 rings (SSSR count). The van der Waals surface area contributed by atoms with Gasteiger partial charge in [0.25, 0.3) is 0 Å². The third-order valence-corrected chi connectivity index (χ3v) is 5.22. The Kier molecular flexibility index (Phi) is 8.73. The highest BCUT2D eigenvalue weighted by Crippen LogP contribution is 2.30. The van der Waals surface area contributed by atoms with Gasteiger partial charge in [-0.2, -0.15) is 0 Å². The van der Waals surface area contributed by atoms with Crippen molar-refractivity contribution in [1.29, 1.82) is 0 Å². The van der Waals surface area contributed by atoms with Crippen LogP contribution in [0.1, 0.15) is 56.8 Å². The Hall–Kier alpha value is -1.15. The van der Waals surface area contributed by atoms with E-state index in [0.717, 1.165) is 62.4 Å². The number of piperidine rings is 1. The average Bonchev–Trinajstić information content (AvgIpc) is 2.61. The smallest absolute Gasteiger partial charge is 0.239 e. The molecule has 1 amide bonds. The lowest BCUT2D eigenvalue weighted by atomic mass is 9.91. The lowest BCUT2D eigenvalue weighted by Gasteiger charge is -2.33. The van der Waals surface area contributed by atoms with Gasteiger partial charge in [0.2, 0.25) is 11.9 Å². The number of nitrogens with one attached hydrogen (secondary N) is 1. The molecule has 1 unspecified atom stereocenters. The Balaban J connectivity index is 0.00000182. The number of halogens is 2. The second kappa shape index (κ2) is 9.87. The summed E-state index contributed by atoms with van der Waals surface area (Å²) in [6.45, 7) is 5.44. The van der Waals surface area contributed by atoms with Gasteiger partial charge in [0, 0.05) is 31.5 Å². The highest BCUT2D eigenvalue weighted by molar-refractivity contribution is 5.86. The molecule has 1 saturated heterocycles. The van der Waals surface area contributed by atoms with Crippen LogP contribution < -0.4 is 16.0 Å². The van der Waals surface area contributed by atoms with Gasteiger partial charge in [0.1, 0.15) is 0 Å². The number of aliphatic hydroxyl groups excluding tert-OH is 1. The number of aromatic nitrogens is 2. The second-order valence-corrected chi connectivity index (χ2v) is 7.83. The van der Waals surface area contributed by atoms with Crippen molar-refractivity contribution < 1.29 is 9.90 Å². The van der Waals surface area contributed by atoms with Crippen molar-refractivity contribution in [2.24, 2.45) is 11.7 Å². The molecular weight excluding hydrogens is 389 g/mol. The summed E-state index contributed by atoms with van der Waals surface area (Å²) in [5.41, 5.74) is 7.04. The average molecular weight is 420 g/mol. The van der Waals surface area contributed by atoms with Gasteiger partial charge >= 0.3 is 0 Å². The van der Waals surface area contributed by atoms with E-state index in [1.165, 1.54) is 0 Å². The summed E-state index contributed by atoms with van der Waals surface area (Å²) in [6.07, 6.45) is 6.60.